The summed E-state index contributed by atoms with van der Waals surface area (Å²) in [6, 6.07) is 0. The molecule has 2 unspecified atom stereocenters. The zero-order valence-corrected chi connectivity index (χ0v) is 11.5. The molecule has 2 saturated heterocycles. The Balaban J connectivity index is 1.86. The summed E-state index contributed by atoms with van der Waals surface area (Å²) in [7, 11) is 1.61. The average molecular weight is 269 g/mol. The van der Waals surface area contributed by atoms with Gasteiger partial charge < -0.3 is 20.3 Å². The van der Waals surface area contributed by atoms with Crippen molar-refractivity contribution in [2.75, 3.05) is 46.4 Å². The van der Waals surface area contributed by atoms with Crippen LogP contribution < -0.4 is 5.73 Å². The number of nitrogens with zero attached hydrogens (tertiary/aromatic N) is 2. The summed E-state index contributed by atoms with van der Waals surface area (Å²) in [5.41, 5.74) is 5.63. The zero-order valence-electron chi connectivity index (χ0n) is 11.5. The quantitative estimate of drug-likeness (QED) is 0.715. The first-order valence-corrected chi connectivity index (χ1v) is 6.91. The molecule has 108 valence electrons. The smallest absolute Gasteiger partial charge is 0.228 e. The van der Waals surface area contributed by atoms with Gasteiger partial charge in [0.25, 0.3) is 0 Å². The van der Waals surface area contributed by atoms with Crippen LogP contribution in [0.5, 0.6) is 0 Å². The number of hydrogen-bond donors (Lipinski definition) is 1. The van der Waals surface area contributed by atoms with E-state index in [0.717, 1.165) is 19.5 Å². The molecule has 2 aliphatic heterocycles. The van der Waals surface area contributed by atoms with Crippen molar-refractivity contribution in [3.05, 3.63) is 0 Å². The minimum absolute atomic E-state index is 0.0602. The van der Waals surface area contributed by atoms with Crippen molar-refractivity contribution in [1.29, 1.82) is 0 Å². The molecule has 2 rings (SSSR count). The van der Waals surface area contributed by atoms with E-state index in [-0.39, 0.29) is 17.7 Å². The van der Waals surface area contributed by atoms with E-state index in [1.807, 2.05) is 4.90 Å². The maximum absolute atomic E-state index is 12.3. The summed E-state index contributed by atoms with van der Waals surface area (Å²) in [6.45, 7) is 3.79. The average Bonchev–Trinajstić information content (AvgIpc) is 3.02. The van der Waals surface area contributed by atoms with Crippen molar-refractivity contribution in [1.82, 2.24) is 9.80 Å². The fourth-order valence-corrected chi connectivity index (χ4v) is 2.84. The van der Waals surface area contributed by atoms with E-state index in [4.69, 9.17) is 10.5 Å². The van der Waals surface area contributed by atoms with E-state index < -0.39 is 0 Å². The molecule has 0 spiro atoms. The lowest BCUT2D eigenvalue weighted by Crippen LogP contribution is -2.36. The maximum atomic E-state index is 12.3. The largest absolute Gasteiger partial charge is 0.383 e. The van der Waals surface area contributed by atoms with E-state index in [1.165, 1.54) is 0 Å². The van der Waals surface area contributed by atoms with Crippen molar-refractivity contribution in [3.8, 4) is 0 Å². The molecule has 2 N–H and O–H groups in total. The molecule has 19 heavy (non-hydrogen) atoms. The van der Waals surface area contributed by atoms with E-state index in [2.05, 4.69) is 0 Å². The first-order valence-electron chi connectivity index (χ1n) is 6.91. The number of carbonyl (C=O) groups excluding carboxylic acids is 2. The Bertz CT molecular complexity index is 348. The van der Waals surface area contributed by atoms with E-state index in [9.17, 15) is 9.59 Å². The van der Waals surface area contributed by atoms with Gasteiger partial charge in [-0.25, -0.2) is 0 Å². The number of ether oxygens (including phenoxy) is 1. The molecule has 0 aliphatic carbocycles. The molecule has 0 aromatic heterocycles. The number of methoxy groups -OCH3 is 1. The highest BCUT2D eigenvalue weighted by Crippen LogP contribution is 2.23. The highest BCUT2D eigenvalue weighted by molar-refractivity contribution is 5.89. The number of carbonyl (C=O) groups is 2. The van der Waals surface area contributed by atoms with Gasteiger partial charge in [0.2, 0.25) is 11.8 Å². The van der Waals surface area contributed by atoms with Crippen LogP contribution in [0, 0.1) is 11.8 Å². The first kappa shape index (κ1) is 14.3. The maximum Gasteiger partial charge on any atom is 0.228 e. The normalized spacial score (nSPS) is 27.4. The Morgan fingerprint density at radius 2 is 2.26 bits per heavy atom. The molecular weight excluding hydrogens is 246 g/mol. The topological polar surface area (TPSA) is 75.9 Å². The van der Waals surface area contributed by atoms with E-state index in [0.29, 0.717) is 38.6 Å². The van der Waals surface area contributed by atoms with Crippen molar-refractivity contribution in [2.45, 2.75) is 12.8 Å². The Kier molecular flexibility index (Phi) is 4.76. The third-order valence-corrected chi connectivity index (χ3v) is 4.06. The summed E-state index contributed by atoms with van der Waals surface area (Å²) in [5.74, 6) is 0.417. The standard InChI is InChI=1S/C13H23N3O3/c1-19-5-4-15-9-11(6-12(15)17)13(18)16-3-2-10(7-14)8-16/h10-11H,2-9,14H2,1H3. The van der Waals surface area contributed by atoms with Gasteiger partial charge in [-0.2, -0.15) is 0 Å². The Hall–Kier alpha value is -1.14. The number of hydrogen-bond acceptors (Lipinski definition) is 4. The fourth-order valence-electron chi connectivity index (χ4n) is 2.84. The van der Waals surface area contributed by atoms with E-state index in [1.54, 1.807) is 12.0 Å². The predicted octanol–water partition coefficient (Wildman–Crippen LogP) is -0.711. The summed E-state index contributed by atoms with van der Waals surface area (Å²) >= 11 is 0. The van der Waals surface area contributed by atoms with Crippen molar-refractivity contribution in [3.63, 3.8) is 0 Å². The number of likely N-dealkylation sites (tertiary alicyclic amines) is 2. The minimum Gasteiger partial charge on any atom is -0.383 e. The van der Waals surface area contributed by atoms with Gasteiger partial charge in [-0.05, 0) is 18.9 Å². The third-order valence-electron chi connectivity index (χ3n) is 4.06. The third kappa shape index (κ3) is 3.25. The lowest BCUT2D eigenvalue weighted by atomic mass is 10.1. The summed E-state index contributed by atoms with van der Waals surface area (Å²) in [6.07, 6.45) is 1.32. The van der Waals surface area contributed by atoms with Crippen LogP contribution in [-0.2, 0) is 14.3 Å². The van der Waals surface area contributed by atoms with Gasteiger partial charge in [-0.1, -0.05) is 0 Å². The second kappa shape index (κ2) is 6.34. The van der Waals surface area contributed by atoms with Gasteiger partial charge in [0.15, 0.2) is 0 Å². The SMILES string of the molecule is COCCN1CC(C(=O)N2CCC(CN)C2)CC1=O. The summed E-state index contributed by atoms with van der Waals surface area (Å²) in [5, 5.41) is 0. The molecule has 6 nitrogen and oxygen atoms in total. The van der Waals surface area contributed by atoms with Crippen LogP contribution in [0.3, 0.4) is 0 Å². The molecule has 0 saturated carbocycles. The van der Waals surface area contributed by atoms with Crippen LogP contribution in [0.2, 0.25) is 0 Å². The number of nitrogens with two attached hydrogens (primary N) is 1. The summed E-state index contributed by atoms with van der Waals surface area (Å²) < 4.78 is 4.97. The van der Waals surface area contributed by atoms with Gasteiger partial charge in [0.1, 0.15) is 0 Å². The van der Waals surface area contributed by atoms with Gasteiger partial charge >= 0.3 is 0 Å². The molecule has 2 heterocycles. The molecule has 2 fully saturated rings. The lowest BCUT2D eigenvalue weighted by molar-refractivity contribution is -0.135. The van der Waals surface area contributed by atoms with Crippen LogP contribution >= 0.6 is 0 Å². The molecule has 2 atom stereocenters. The first-order chi connectivity index (χ1) is 9.15. The van der Waals surface area contributed by atoms with Crippen LogP contribution in [0.15, 0.2) is 0 Å². The zero-order chi connectivity index (χ0) is 13.8. The van der Waals surface area contributed by atoms with E-state index >= 15 is 0 Å². The molecule has 0 radical (unpaired) electrons. The number of amides is 2. The highest BCUT2D eigenvalue weighted by Gasteiger charge is 2.38. The number of rotatable bonds is 5. The highest BCUT2D eigenvalue weighted by atomic mass is 16.5. The molecular formula is C13H23N3O3. The summed E-state index contributed by atoms with van der Waals surface area (Å²) in [4.78, 5) is 27.8. The molecule has 0 bridgehead atoms. The van der Waals surface area contributed by atoms with Crippen LogP contribution in [0.1, 0.15) is 12.8 Å². The van der Waals surface area contributed by atoms with Crippen LogP contribution in [-0.4, -0.2) is 68.1 Å². The van der Waals surface area contributed by atoms with Gasteiger partial charge in [-0.3, -0.25) is 9.59 Å². The fraction of sp³-hybridized carbons (Fsp3) is 0.846. The molecule has 0 aromatic carbocycles. The second-order valence-corrected chi connectivity index (χ2v) is 5.41. The monoisotopic (exact) mass is 269 g/mol. The Labute approximate surface area is 113 Å². The van der Waals surface area contributed by atoms with Crippen molar-refractivity contribution >= 4 is 11.8 Å². The van der Waals surface area contributed by atoms with Crippen molar-refractivity contribution < 1.29 is 14.3 Å². The second-order valence-electron chi connectivity index (χ2n) is 5.41. The van der Waals surface area contributed by atoms with Gasteiger partial charge in [-0.15, -0.1) is 0 Å². The predicted molar refractivity (Wildman–Crippen MR) is 70.3 cm³/mol. The Morgan fingerprint density at radius 3 is 2.89 bits per heavy atom. The lowest BCUT2D eigenvalue weighted by Gasteiger charge is -2.21. The van der Waals surface area contributed by atoms with Gasteiger partial charge in [0, 0.05) is 39.7 Å². The van der Waals surface area contributed by atoms with Crippen LogP contribution in [0.25, 0.3) is 0 Å². The Morgan fingerprint density at radius 1 is 1.47 bits per heavy atom. The van der Waals surface area contributed by atoms with Crippen LogP contribution in [0.4, 0.5) is 0 Å². The van der Waals surface area contributed by atoms with Gasteiger partial charge in [0.05, 0.1) is 12.5 Å². The molecule has 0 aromatic rings. The molecule has 6 heteroatoms. The minimum atomic E-state index is -0.180. The molecule has 2 aliphatic rings. The van der Waals surface area contributed by atoms with Crippen molar-refractivity contribution in [2.24, 2.45) is 17.6 Å². The molecule has 2 amide bonds.